The van der Waals surface area contributed by atoms with E-state index in [4.69, 9.17) is 4.98 Å². The number of aromatic nitrogens is 2. The van der Waals surface area contributed by atoms with Gasteiger partial charge in [-0.25, -0.2) is 4.98 Å². The van der Waals surface area contributed by atoms with Crippen LogP contribution in [0, 0.1) is 16.7 Å². The summed E-state index contributed by atoms with van der Waals surface area (Å²) in [4.78, 5) is 17.9. The first-order chi connectivity index (χ1) is 19.3. The van der Waals surface area contributed by atoms with Crippen LogP contribution in [-0.2, 0) is 11.2 Å². The Morgan fingerprint density at radius 3 is 2.29 bits per heavy atom. The number of benzene rings is 2. The maximum Gasteiger partial charge on any atom is 0.573 e. The summed E-state index contributed by atoms with van der Waals surface area (Å²) >= 11 is 0. The van der Waals surface area contributed by atoms with E-state index in [1.807, 2.05) is 12.1 Å². The topological polar surface area (TPSA) is 56.1 Å². The summed E-state index contributed by atoms with van der Waals surface area (Å²) in [5.41, 5.74) is 3.67. The number of hydrogen-bond acceptors (Lipinski definition) is 4. The van der Waals surface area contributed by atoms with E-state index >= 15 is 0 Å². The Balaban J connectivity index is 1.44. The van der Waals surface area contributed by atoms with Gasteiger partial charge >= 0.3 is 6.36 Å². The number of halogens is 3. The fourth-order valence-electron chi connectivity index (χ4n) is 7.56. The summed E-state index contributed by atoms with van der Waals surface area (Å²) in [5, 5.41) is 3.37. The monoisotopic (exact) mass is 569 g/mol. The molecule has 0 spiro atoms. The Kier molecular flexibility index (Phi) is 8.14. The van der Waals surface area contributed by atoms with Gasteiger partial charge in [-0.2, -0.15) is 0 Å². The number of fused-ring (bicyclic) bond motifs is 1. The molecule has 8 heteroatoms. The highest BCUT2D eigenvalue weighted by Gasteiger charge is 2.40. The Bertz CT molecular complexity index is 1350. The van der Waals surface area contributed by atoms with Gasteiger partial charge in [0, 0.05) is 24.6 Å². The smallest absolute Gasteiger partial charge is 0.406 e. The van der Waals surface area contributed by atoms with Crippen molar-refractivity contribution in [1.82, 2.24) is 9.55 Å². The molecule has 2 saturated carbocycles. The van der Waals surface area contributed by atoms with Crippen molar-refractivity contribution in [1.29, 1.82) is 0 Å². The summed E-state index contributed by atoms with van der Waals surface area (Å²) in [7, 11) is 0. The van der Waals surface area contributed by atoms with E-state index < -0.39 is 6.36 Å². The zero-order valence-electron chi connectivity index (χ0n) is 24.6. The number of Topliss-reactive ketones (excluding diaryl/α,β-unsaturated/α-hetero) is 1. The van der Waals surface area contributed by atoms with Crippen LogP contribution in [0.4, 0.5) is 24.8 Å². The summed E-state index contributed by atoms with van der Waals surface area (Å²) < 4.78 is 44.2. The maximum atomic E-state index is 12.9. The van der Waals surface area contributed by atoms with Gasteiger partial charge in [0.05, 0.1) is 11.0 Å². The van der Waals surface area contributed by atoms with Gasteiger partial charge in [-0.05, 0) is 78.0 Å². The van der Waals surface area contributed by atoms with Gasteiger partial charge in [0.25, 0.3) is 0 Å². The van der Waals surface area contributed by atoms with Crippen molar-refractivity contribution in [3.05, 3.63) is 48.0 Å². The van der Waals surface area contributed by atoms with E-state index in [9.17, 15) is 18.0 Å². The van der Waals surface area contributed by atoms with Crippen molar-refractivity contribution in [2.75, 3.05) is 5.32 Å². The van der Waals surface area contributed by atoms with Crippen LogP contribution >= 0.6 is 0 Å². The van der Waals surface area contributed by atoms with Crippen molar-refractivity contribution >= 4 is 28.5 Å². The minimum Gasteiger partial charge on any atom is -0.406 e. The van der Waals surface area contributed by atoms with Crippen molar-refractivity contribution in [3.63, 3.8) is 0 Å². The normalized spacial score (nSPS) is 19.8. The molecule has 2 aliphatic carbocycles. The molecule has 2 fully saturated rings. The molecule has 2 aliphatic rings. The van der Waals surface area contributed by atoms with Gasteiger partial charge in [0.15, 0.2) is 0 Å². The molecule has 1 heterocycles. The van der Waals surface area contributed by atoms with E-state index in [0.717, 1.165) is 48.7 Å². The Labute approximate surface area is 240 Å². The number of nitrogens with zero attached hydrogens (tertiary/aromatic N) is 2. The lowest BCUT2D eigenvalue weighted by molar-refractivity contribution is -0.274. The Morgan fingerprint density at radius 2 is 1.66 bits per heavy atom. The first-order valence-electron chi connectivity index (χ1n) is 14.9. The summed E-state index contributed by atoms with van der Waals surface area (Å²) in [6.07, 6.45) is 5.45. The molecule has 2 aromatic carbocycles. The molecule has 0 radical (unpaired) electrons. The Morgan fingerprint density at radius 1 is 1.00 bits per heavy atom. The molecule has 0 unspecified atom stereocenters. The van der Waals surface area contributed by atoms with E-state index in [1.165, 1.54) is 31.4 Å². The number of ether oxygens (including phenoxy) is 1. The molecule has 5 rings (SSSR count). The predicted molar refractivity (Wildman–Crippen MR) is 156 cm³/mol. The highest BCUT2D eigenvalue weighted by atomic mass is 19.4. The first-order valence-corrected chi connectivity index (χ1v) is 14.9. The third-order valence-electron chi connectivity index (χ3n) is 8.64. The van der Waals surface area contributed by atoms with Gasteiger partial charge in [0.2, 0.25) is 5.95 Å². The number of anilines is 2. The third-order valence-corrected chi connectivity index (χ3v) is 8.64. The molecule has 1 aromatic heterocycles. The van der Waals surface area contributed by atoms with Crippen LogP contribution in [0.5, 0.6) is 5.75 Å². The van der Waals surface area contributed by atoms with Crippen LogP contribution in [0.15, 0.2) is 42.5 Å². The second-order valence-electron chi connectivity index (χ2n) is 13.8. The molecule has 0 aliphatic heterocycles. The maximum absolute atomic E-state index is 12.9. The van der Waals surface area contributed by atoms with Gasteiger partial charge in [-0.3, -0.25) is 4.79 Å². The van der Waals surface area contributed by atoms with Crippen molar-refractivity contribution in [2.45, 2.75) is 104 Å². The third kappa shape index (κ3) is 7.63. The lowest BCUT2D eigenvalue weighted by Crippen LogP contribution is -2.35. The number of alkyl halides is 3. The molecular weight excluding hydrogens is 527 g/mol. The predicted octanol–water partition coefficient (Wildman–Crippen LogP) is 9.54. The molecule has 0 bridgehead atoms. The number of imidazole rings is 1. The van der Waals surface area contributed by atoms with Crippen molar-refractivity contribution < 1.29 is 22.7 Å². The average Bonchev–Trinajstić information content (AvgIpc) is 3.20. The molecular formula is C33H42F3N3O2. The van der Waals surface area contributed by atoms with Crippen LogP contribution in [0.3, 0.4) is 0 Å². The minimum absolute atomic E-state index is 0.141. The number of rotatable bonds is 8. The second-order valence-corrected chi connectivity index (χ2v) is 13.8. The Hall–Kier alpha value is -3.03. The highest BCUT2D eigenvalue weighted by Crippen LogP contribution is 2.51. The fourth-order valence-corrected chi connectivity index (χ4v) is 7.56. The SMILES string of the molecule is CC1(C)CC(n2c(Nc3ccc(OC(F)(F)F)cc3)nc3cc(CC(=O)CC4CCCCC4)ccc32)CC(C)(C)C1. The second kappa shape index (κ2) is 11.3. The van der Waals surface area contributed by atoms with Crippen LogP contribution < -0.4 is 10.1 Å². The average molecular weight is 570 g/mol. The van der Waals surface area contributed by atoms with Crippen LogP contribution in [0.2, 0.25) is 0 Å². The molecule has 1 N–H and O–H groups in total. The van der Waals surface area contributed by atoms with Crippen molar-refractivity contribution in [2.24, 2.45) is 16.7 Å². The van der Waals surface area contributed by atoms with Crippen LogP contribution in [0.25, 0.3) is 11.0 Å². The number of ketones is 1. The number of hydrogen-bond donors (Lipinski definition) is 1. The molecule has 3 aromatic rings. The molecule has 222 valence electrons. The lowest BCUT2D eigenvalue weighted by atomic mass is 9.63. The van der Waals surface area contributed by atoms with E-state index in [1.54, 1.807) is 12.1 Å². The number of carbonyl (C=O) groups is 1. The van der Waals surface area contributed by atoms with E-state index in [2.05, 4.69) is 48.4 Å². The lowest BCUT2D eigenvalue weighted by Gasteiger charge is -2.45. The highest BCUT2D eigenvalue weighted by molar-refractivity contribution is 5.85. The van der Waals surface area contributed by atoms with E-state index in [-0.39, 0.29) is 28.4 Å². The van der Waals surface area contributed by atoms with Gasteiger partial charge in [-0.1, -0.05) is 65.9 Å². The van der Waals surface area contributed by atoms with Gasteiger partial charge in [-0.15, -0.1) is 13.2 Å². The van der Waals surface area contributed by atoms with Crippen LogP contribution in [-0.4, -0.2) is 21.7 Å². The molecule has 0 amide bonds. The van der Waals surface area contributed by atoms with E-state index in [0.29, 0.717) is 30.4 Å². The minimum atomic E-state index is -4.74. The molecule has 0 saturated heterocycles. The standard InChI is InChI=1S/C33H42F3N3O2/c1-31(2)19-25(20-32(3,4)21-31)39-29-15-10-23(17-26(40)16-22-8-6-5-7-9-22)18-28(29)38-30(39)37-24-11-13-27(14-12-24)41-33(34,35)36/h10-15,18,22,25H,5-9,16-17,19-21H2,1-4H3,(H,37,38). The zero-order chi connectivity index (χ0) is 29.4. The van der Waals surface area contributed by atoms with Crippen molar-refractivity contribution in [3.8, 4) is 5.75 Å². The van der Waals surface area contributed by atoms with Crippen LogP contribution in [0.1, 0.15) is 97.1 Å². The fraction of sp³-hybridized carbons (Fsp3) is 0.576. The zero-order valence-corrected chi connectivity index (χ0v) is 24.6. The van der Waals surface area contributed by atoms with Gasteiger partial charge in [0.1, 0.15) is 11.5 Å². The summed E-state index contributed by atoms with van der Waals surface area (Å²) in [5.74, 6) is 1.18. The summed E-state index contributed by atoms with van der Waals surface area (Å²) in [6.45, 7) is 9.23. The number of nitrogens with one attached hydrogen (secondary N) is 1. The molecule has 0 atom stereocenters. The molecule has 41 heavy (non-hydrogen) atoms. The first kappa shape index (κ1) is 29.5. The molecule has 5 nitrogen and oxygen atoms in total. The quantitative estimate of drug-likeness (QED) is 0.293. The number of carbonyl (C=O) groups excluding carboxylic acids is 1. The summed E-state index contributed by atoms with van der Waals surface area (Å²) in [6, 6.07) is 12.1. The largest absolute Gasteiger partial charge is 0.573 e. The van der Waals surface area contributed by atoms with Gasteiger partial charge < -0.3 is 14.6 Å².